The summed E-state index contributed by atoms with van der Waals surface area (Å²) >= 11 is 0. The summed E-state index contributed by atoms with van der Waals surface area (Å²) < 4.78 is 11.1. The highest BCUT2D eigenvalue weighted by atomic mass is 16.5. The predicted octanol–water partition coefficient (Wildman–Crippen LogP) is 1.13. The number of ether oxygens (including phenoxy) is 2. The molecule has 19 heavy (non-hydrogen) atoms. The largest absolute Gasteiger partial charge is 0.389 e. The molecule has 2 saturated heterocycles. The number of fused-ring (bicyclic) bond motifs is 1. The molecule has 0 aromatic rings. The minimum atomic E-state index is -0.359. The summed E-state index contributed by atoms with van der Waals surface area (Å²) in [6, 6.07) is 0. The molecule has 4 atom stereocenters. The minimum Gasteiger partial charge on any atom is -0.389 e. The summed E-state index contributed by atoms with van der Waals surface area (Å²) in [6.07, 6.45) is 2.14. The van der Waals surface area contributed by atoms with E-state index in [1.807, 2.05) is 0 Å². The molecule has 0 bridgehead atoms. The van der Waals surface area contributed by atoms with Crippen molar-refractivity contribution in [1.82, 2.24) is 4.90 Å². The molecule has 0 amide bonds. The molecule has 0 aromatic heterocycles. The second-order valence-electron chi connectivity index (χ2n) is 7.08. The standard InChI is InChI=1S/C15H27NO3/c1-15(2)13-7-16(8-14(13)15)6-11(17)9-18-10-12-4-3-5-19-12/h11-14,17H,3-10H2,1-2H3. The van der Waals surface area contributed by atoms with Gasteiger partial charge in [0.05, 0.1) is 25.4 Å². The summed E-state index contributed by atoms with van der Waals surface area (Å²) in [5.41, 5.74) is 0.553. The topological polar surface area (TPSA) is 41.9 Å². The Morgan fingerprint density at radius 3 is 2.74 bits per heavy atom. The van der Waals surface area contributed by atoms with E-state index in [-0.39, 0.29) is 12.2 Å². The molecular weight excluding hydrogens is 242 g/mol. The summed E-state index contributed by atoms with van der Waals surface area (Å²) in [4.78, 5) is 2.39. The molecular formula is C15H27NO3. The van der Waals surface area contributed by atoms with Gasteiger partial charge < -0.3 is 19.5 Å². The number of nitrogens with zero attached hydrogens (tertiary/aromatic N) is 1. The van der Waals surface area contributed by atoms with Gasteiger partial charge in [0.1, 0.15) is 0 Å². The lowest BCUT2D eigenvalue weighted by Crippen LogP contribution is -2.36. The first-order chi connectivity index (χ1) is 9.07. The van der Waals surface area contributed by atoms with Gasteiger partial charge >= 0.3 is 0 Å². The fourth-order valence-corrected chi connectivity index (χ4v) is 3.82. The Morgan fingerprint density at radius 1 is 1.37 bits per heavy atom. The van der Waals surface area contributed by atoms with Gasteiger partial charge in [0.2, 0.25) is 0 Å². The summed E-state index contributed by atoms with van der Waals surface area (Å²) in [5.74, 6) is 1.71. The zero-order valence-corrected chi connectivity index (χ0v) is 12.2. The Morgan fingerprint density at radius 2 is 2.11 bits per heavy atom. The van der Waals surface area contributed by atoms with E-state index < -0.39 is 0 Å². The van der Waals surface area contributed by atoms with Crippen molar-refractivity contribution in [3.63, 3.8) is 0 Å². The van der Waals surface area contributed by atoms with Crippen molar-refractivity contribution in [1.29, 1.82) is 0 Å². The van der Waals surface area contributed by atoms with Crippen molar-refractivity contribution < 1.29 is 14.6 Å². The Bertz CT molecular complexity index is 301. The van der Waals surface area contributed by atoms with Crippen molar-refractivity contribution in [2.75, 3.05) is 39.5 Å². The van der Waals surface area contributed by atoms with E-state index >= 15 is 0 Å². The molecule has 1 N–H and O–H groups in total. The first-order valence-electron chi connectivity index (χ1n) is 7.67. The highest BCUT2D eigenvalue weighted by Gasteiger charge is 2.61. The molecule has 0 spiro atoms. The van der Waals surface area contributed by atoms with Crippen LogP contribution in [0.3, 0.4) is 0 Å². The molecule has 0 aromatic carbocycles. The van der Waals surface area contributed by atoms with E-state index in [4.69, 9.17) is 9.47 Å². The van der Waals surface area contributed by atoms with Crippen molar-refractivity contribution in [3.05, 3.63) is 0 Å². The Kier molecular flexibility index (Phi) is 3.87. The van der Waals surface area contributed by atoms with Crippen LogP contribution in [-0.2, 0) is 9.47 Å². The second kappa shape index (κ2) is 5.32. The average molecular weight is 269 g/mol. The Balaban J connectivity index is 1.29. The first-order valence-corrected chi connectivity index (χ1v) is 7.67. The second-order valence-corrected chi connectivity index (χ2v) is 7.08. The predicted molar refractivity (Wildman–Crippen MR) is 73.0 cm³/mol. The van der Waals surface area contributed by atoms with Crippen LogP contribution >= 0.6 is 0 Å². The van der Waals surface area contributed by atoms with Gasteiger partial charge in [-0.3, -0.25) is 0 Å². The van der Waals surface area contributed by atoms with Gasteiger partial charge in [0.25, 0.3) is 0 Å². The van der Waals surface area contributed by atoms with E-state index in [1.165, 1.54) is 0 Å². The summed E-state index contributed by atoms with van der Waals surface area (Å²) in [5, 5.41) is 10.0. The third-order valence-electron chi connectivity index (χ3n) is 5.30. The highest BCUT2D eigenvalue weighted by Crippen LogP contribution is 2.61. The average Bonchev–Trinajstić information content (AvgIpc) is 2.85. The fourth-order valence-electron chi connectivity index (χ4n) is 3.82. The lowest BCUT2D eigenvalue weighted by atomic mass is 10.1. The van der Waals surface area contributed by atoms with E-state index in [0.29, 0.717) is 18.6 Å². The van der Waals surface area contributed by atoms with Gasteiger partial charge in [-0.2, -0.15) is 0 Å². The number of piperidine rings is 1. The summed E-state index contributed by atoms with van der Waals surface area (Å²) in [6.45, 7) is 9.73. The monoisotopic (exact) mass is 269 g/mol. The van der Waals surface area contributed by atoms with Gasteiger partial charge in [-0.15, -0.1) is 0 Å². The molecule has 2 heterocycles. The number of aliphatic hydroxyl groups is 1. The quantitative estimate of drug-likeness (QED) is 0.785. The molecule has 110 valence electrons. The number of hydrogen-bond donors (Lipinski definition) is 1. The number of rotatable bonds is 6. The zero-order valence-electron chi connectivity index (χ0n) is 12.2. The van der Waals surface area contributed by atoms with Gasteiger partial charge in [-0.05, 0) is 30.1 Å². The van der Waals surface area contributed by atoms with Crippen LogP contribution in [0.25, 0.3) is 0 Å². The molecule has 3 rings (SSSR count). The minimum absolute atomic E-state index is 0.257. The fraction of sp³-hybridized carbons (Fsp3) is 1.00. The van der Waals surface area contributed by atoms with Crippen LogP contribution in [0, 0.1) is 17.3 Å². The Labute approximate surface area is 116 Å². The molecule has 1 saturated carbocycles. The van der Waals surface area contributed by atoms with Crippen molar-refractivity contribution >= 4 is 0 Å². The number of likely N-dealkylation sites (tertiary alicyclic amines) is 1. The molecule has 0 radical (unpaired) electrons. The first kappa shape index (κ1) is 13.8. The lowest BCUT2D eigenvalue weighted by molar-refractivity contribution is -0.0248. The maximum Gasteiger partial charge on any atom is 0.0900 e. The van der Waals surface area contributed by atoms with Crippen LogP contribution in [-0.4, -0.2) is 61.7 Å². The van der Waals surface area contributed by atoms with Crippen molar-refractivity contribution in [2.45, 2.75) is 38.9 Å². The van der Waals surface area contributed by atoms with Gasteiger partial charge in [0, 0.05) is 26.2 Å². The highest BCUT2D eigenvalue weighted by molar-refractivity contribution is 5.11. The molecule has 1 aliphatic carbocycles. The van der Waals surface area contributed by atoms with Crippen LogP contribution in [0.1, 0.15) is 26.7 Å². The third kappa shape index (κ3) is 2.97. The molecule has 3 aliphatic rings. The SMILES string of the molecule is CC1(C)C2CN(CC(O)COCC3CCCO3)CC21. The van der Waals surface area contributed by atoms with Gasteiger partial charge in [0.15, 0.2) is 0 Å². The maximum absolute atomic E-state index is 10.0. The number of hydrogen-bond acceptors (Lipinski definition) is 4. The molecule has 2 aliphatic heterocycles. The van der Waals surface area contributed by atoms with E-state index in [1.54, 1.807) is 0 Å². The van der Waals surface area contributed by atoms with E-state index in [2.05, 4.69) is 18.7 Å². The van der Waals surface area contributed by atoms with Crippen molar-refractivity contribution in [2.24, 2.45) is 17.3 Å². The van der Waals surface area contributed by atoms with Crippen LogP contribution in [0.4, 0.5) is 0 Å². The molecule has 4 nitrogen and oxygen atoms in total. The van der Waals surface area contributed by atoms with E-state index in [9.17, 15) is 5.11 Å². The van der Waals surface area contributed by atoms with Crippen LogP contribution in [0.2, 0.25) is 0 Å². The molecule has 4 heteroatoms. The van der Waals surface area contributed by atoms with Crippen LogP contribution in [0.15, 0.2) is 0 Å². The van der Waals surface area contributed by atoms with Crippen LogP contribution < -0.4 is 0 Å². The van der Waals surface area contributed by atoms with E-state index in [0.717, 1.165) is 50.9 Å². The molecule has 3 fully saturated rings. The Hall–Kier alpha value is -0.160. The maximum atomic E-state index is 10.0. The van der Waals surface area contributed by atoms with Crippen molar-refractivity contribution in [3.8, 4) is 0 Å². The summed E-state index contributed by atoms with van der Waals surface area (Å²) in [7, 11) is 0. The lowest BCUT2D eigenvalue weighted by Gasteiger charge is -2.24. The number of aliphatic hydroxyl groups excluding tert-OH is 1. The third-order valence-corrected chi connectivity index (χ3v) is 5.30. The number of β-amino-alcohol motifs (C(OH)–C–C–N with tert-alkyl or cyclic N) is 1. The zero-order chi connectivity index (χ0) is 13.5. The van der Waals surface area contributed by atoms with Crippen LogP contribution in [0.5, 0.6) is 0 Å². The van der Waals surface area contributed by atoms with Gasteiger partial charge in [-0.25, -0.2) is 0 Å². The molecule has 4 unspecified atom stereocenters. The normalized spacial score (nSPS) is 38.4. The van der Waals surface area contributed by atoms with Gasteiger partial charge in [-0.1, -0.05) is 13.8 Å². The smallest absolute Gasteiger partial charge is 0.0900 e.